The first-order chi connectivity index (χ1) is 11.1. The topological polar surface area (TPSA) is 106 Å². The Hall–Kier alpha value is -1.90. The van der Waals surface area contributed by atoms with Gasteiger partial charge in [-0.25, -0.2) is 8.42 Å². The third-order valence-electron chi connectivity index (χ3n) is 3.38. The van der Waals surface area contributed by atoms with Gasteiger partial charge in [0.15, 0.2) is 9.84 Å². The van der Waals surface area contributed by atoms with Crippen molar-refractivity contribution in [3.05, 3.63) is 45.3 Å². The monoisotopic (exact) mass is 386 g/mol. The van der Waals surface area contributed by atoms with Crippen LogP contribution in [-0.4, -0.2) is 26.0 Å². The molecule has 1 aromatic heterocycles. The van der Waals surface area contributed by atoms with Gasteiger partial charge in [-0.3, -0.25) is 9.59 Å². The molecule has 0 unspecified atom stereocenters. The van der Waals surface area contributed by atoms with Gasteiger partial charge in [0.1, 0.15) is 10.8 Å². The van der Waals surface area contributed by atoms with E-state index in [9.17, 15) is 18.0 Å². The lowest BCUT2D eigenvalue weighted by atomic mass is 10.1. The fourth-order valence-corrected chi connectivity index (χ4v) is 4.41. The van der Waals surface area contributed by atoms with Crippen LogP contribution in [0, 0.1) is 13.8 Å². The minimum Gasteiger partial charge on any atom is -0.365 e. The Morgan fingerprint density at radius 3 is 2.33 bits per heavy atom. The third kappa shape index (κ3) is 3.95. The average molecular weight is 387 g/mol. The predicted molar refractivity (Wildman–Crippen MR) is 94.4 cm³/mol. The molecule has 0 bridgehead atoms. The Morgan fingerprint density at radius 2 is 1.79 bits per heavy atom. The molecule has 0 spiro atoms. The van der Waals surface area contributed by atoms with E-state index in [0.29, 0.717) is 10.6 Å². The summed E-state index contributed by atoms with van der Waals surface area (Å²) in [5.41, 5.74) is 6.20. The zero-order chi connectivity index (χ0) is 18.1. The number of anilines is 1. The maximum atomic E-state index is 12.2. The zero-order valence-corrected chi connectivity index (χ0v) is 15.3. The largest absolute Gasteiger partial charge is 0.365 e. The molecule has 3 N–H and O–H groups in total. The van der Waals surface area contributed by atoms with E-state index in [1.54, 1.807) is 13.8 Å². The van der Waals surface area contributed by atoms with Crippen molar-refractivity contribution in [1.29, 1.82) is 0 Å². The summed E-state index contributed by atoms with van der Waals surface area (Å²) in [6, 6.07) is 5.53. The number of halogens is 1. The first-order valence-corrected chi connectivity index (χ1v) is 9.64. The molecular weight excluding hydrogens is 372 g/mol. The van der Waals surface area contributed by atoms with Crippen LogP contribution in [0.2, 0.25) is 5.02 Å². The number of rotatable bonds is 5. The van der Waals surface area contributed by atoms with Crippen molar-refractivity contribution in [2.24, 2.45) is 5.73 Å². The van der Waals surface area contributed by atoms with Crippen molar-refractivity contribution in [3.63, 3.8) is 0 Å². The number of thiophene rings is 1. The SMILES string of the molecule is Cc1sc(NC(=O)CS(=O)(=O)c2ccc(Cl)cc2)c(C(N)=O)c1C. The molecule has 2 aromatic rings. The van der Waals surface area contributed by atoms with Gasteiger partial charge in [-0.15, -0.1) is 11.3 Å². The van der Waals surface area contributed by atoms with Crippen molar-refractivity contribution in [1.82, 2.24) is 0 Å². The molecule has 0 saturated carbocycles. The van der Waals surface area contributed by atoms with Crippen LogP contribution in [0.1, 0.15) is 20.8 Å². The van der Waals surface area contributed by atoms with Crippen molar-refractivity contribution >= 4 is 49.6 Å². The van der Waals surface area contributed by atoms with Crippen LogP contribution >= 0.6 is 22.9 Å². The highest BCUT2D eigenvalue weighted by molar-refractivity contribution is 7.92. The summed E-state index contributed by atoms with van der Waals surface area (Å²) in [5, 5.41) is 3.12. The van der Waals surface area contributed by atoms with E-state index >= 15 is 0 Å². The maximum absolute atomic E-state index is 12.2. The van der Waals surface area contributed by atoms with Gasteiger partial charge in [-0.1, -0.05) is 11.6 Å². The lowest BCUT2D eigenvalue weighted by Gasteiger charge is -2.07. The number of hydrogen-bond acceptors (Lipinski definition) is 5. The smallest absolute Gasteiger partial charge is 0.251 e. The normalized spacial score (nSPS) is 11.3. The number of aryl methyl sites for hydroxylation is 1. The maximum Gasteiger partial charge on any atom is 0.251 e. The molecule has 2 amide bonds. The molecule has 0 radical (unpaired) electrons. The molecule has 24 heavy (non-hydrogen) atoms. The van der Waals surface area contributed by atoms with Gasteiger partial charge in [-0.05, 0) is 43.7 Å². The summed E-state index contributed by atoms with van der Waals surface area (Å²) in [4.78, 5) is 24.4. The van der Waals surface area contributed by atoms with Gasteiger partial charge in [0.2, 0.25) is 5.91 Å². The van der Waals surface area contributed by atoms with Crippen LogP contribution in [0.15, 0.2) is 29.2 Å². The number of nitrogens with one attached hydrogen (secondary N) is 1. The van der Waals surface area contributed by atoms with Crippen molar-refractivity contribution in [3.8, 4) is 0 Å². The van der Waals surface area contributed by atoms with Crippen molar-refractivity contribution in [2.45, 2.75) is 18.7 Å². The minimum atomic E-state index is -3.82. The summed E-state index contributed by atoms with van der Waals surface area (Å²) < 4.78 is 24.5. The van der Waals surface area contributed by atoms with Crippen LogP contribution in [0.25, 0.3) is 0 Å². The van der Waals surface area contributed by atoms with E-state index in [-0.39, 0.29) is 15.5 Å². The molecule has 0 atom stereocenters. The fourth-order valence-electron chi connectivity index (χ4n) is 2.07. The van der Waals surface area contributed by atoms with Crippen LogP contribution in [0.5, 0.6) is 0 Å². The Balaban J connectivity index is 2.21. The molecule has 0 aliphatic heterocycles. The summed E-state index contributed by atoms with van der Waals surface area (Å²) in [6.07, 6.45) is 0. The molecule has 0 aliphatic rings. The van der Waals surface area contributed by atoms with Crippen LogP contribution < -0.4 is 11.1 Å². The lowest BCUT2D eigenvalue weighted by Crippen LogP contribution is -2.24. The van der Waals surface area contributed by atoms with Crippen LogP contribution in [0.3, 0.4) is 0 Å². The average Bonchev–Trinajstić information content (AvgIpc) is 2.73. The van der Waals surface area contributed by atoms with Gasteiger partial charge in [0, 0.05) is 9.90 Å². The van der Waals surface area contributed by atoms with Crippen molar-refractivity contribution < 1.29 is 18.0 Å². The second-order valence-corrected chi connectivity index (χ2v) is 8.76. The number of nitrogens with two attached hydrogens (primary N) is 1. The Labute approximate surface area is 148 Å². The number of hydrogen-bond donors (Lipinski definition) is 2. The molecule has 9 heteroatoms. The van der Waals surface area contributed by atoms with E-state index in [4.69, 9.17) is 17.3 Å². The van der Waals surface area contributed by atoms with Crippen LogP contribution in [-0.2, 0) is 14.6 Å². The standard InChI is InChI=1S/C15H15ClN2O4S2/c1-8-9(2)23-15(13(8)14(17)20)18-12(19)7-24(21,22)11-5-3-10(16)4-6-11/h3-6H,7H2,1-2H3,(H2,17,20)(H,18,19). The second kappa shape index (κ2) is 6.92. The molecular formula is C15H15ClN2O4S2. The molecule has 0 saturated heterocycles. The molecule has 0 aliphatic carbocycles. The summed E-state index contributed by atoms with van der Waals surface area (Å²) in [6.45, 7) is 3.50. The Bertz CT molecular complexity index is 902. The summed E-state index contributed by atoms with van der Waals surface area (Å²) >= 11 is 6.90. The van der Waals surface area contributed by atoms with E-state index in [2.05, 4.69) is 5.32 Å². The molecule has 128 valence electrons. The molecule has 0 fully saturated rings. The second-order valence-electron chi connectivity index (χ2n) is 5.11. The molecule has 2 rings (SSSR count). The Morgan fingerprint density at radius 1 is 1.21 bits per heavy atom. The van der Waals surface area contributed by atoms with E-state index in [1.165, 1.54) is 35.6 Å². The summed E-state index contributed by atoms with van der Waals surface area (Å²) in [7, 11) is -3.82. The van der Waals surface area contributed by atoms with Gasteiger partial charge in [-0.2, -0.15) is 0 Å². The van der Waals surface area contributed by atoms with Gasteiger partial charge in [0.25, 0.3) is 5.91 Å². The van der Waals surface area contributed by atoms with Gasteiger partial charge >= 0.3 is 0 Å². The molecule has 6 nitrogen and oxygen atoms in total. The van der Waals surface area contributed by atoms with E-state index in [0.717, 1.165) is 4.88 Å². The number of carbonyl (C=O) groups is 2. The van der Waals surface area contributed by atoms with Gasteiger partial charge < -0.3 is 11.1 Å². The number of amides is 2. The van der Waals surface area contributed by atoms with E-state index < -0.39 is 27.4 Å². The zero-order valence-electron chi connectivity index (χ0n) is 12.9. The highest BCUT2D eigenvalue weighted by atomic mass is 35.5. The number of carbonyl (C=O) groups excluding carboxylic acids is 2. The molecule has 1 heterocycles. The number of primary amides is 1. The van der Waals surface area contributed by atoms with E-state index in [1.807, 2.05) is 0 Å². The minimum absolute atomic E-state index is 0.00397. The number of sulfone groups is 1. The highest BCUT2D eigenvalue weighted by Crippen LogP contribution is 2.32. The fraction of sp³-hybridized carbons (Fsp3) is 0.200. The first-order valence-electron chi connectivity index (χ1n) is 6.80. The molecule has 1 aromatic carbocycles. The first kappa shape index (κ1) is 18.4. The van der Waals surface area contributed by atoms with Gasteiger partial charge in [0.05, 0.1) is 10.5 Å². The van der Waals surface area contributed by atoms with Crippen molar-refractivity contribution in [2.75, 3.05) is 11.1 Å². The van der Waals surface area contributed by atoms with Crippen LogP contribution in [0.4, 0.5) is 5.00 Å². The lowest BCUT2D eigenvalue weighted by molar-refractivity contribution is -0.113. The third-order valence-corrected chi connectivity index (χ3v) is 6.39. The predicted octanol–water partition coefficient (Wildman–Crippen LogP) is 2.53. The highest BCUT2D eigenvalue weighted by Gasteiger charge is 2.23. The number of benzene rings is 1. The quantitative estimate of drug-likeness (QED) is 0.823. The Kier molecular flexibility index (Phi) is 5.32. The summed E-state index contributed by atoms with van der Waals surface area (Å²) in [5.74, 6) is -2.16.